The predicted octanol–water partition coefficient (Wildman–Crippen LogP) is 3.96. The van der Waals surface area contributed by atoms with Gasteiger partial charge in [-0.3, -0.25) is 4.79 Å². The monoisotopic (exact) mass is 270 g/mol. The number of methoxy groups -OCH3 is 1. The molecule has 0 spiro atoms. The number of halogens is 2. The summed E-state index contributed by atoms with van der Waals surface area (Å²) in [7, 11) is 1.41. The van der Waals surface area contributed by atoms with Crippen molar-refractivity contribution in [2.45, 2.75) is 12.8 Å². The number of rotatable bonds is 2. The van der Waals surface area contributed by atoms with E-state index in [0.29, 0.717) is 22.9 Å². The van der Waals surface area contributed by atoms with Crippen LogP contribution in [0.1, 0.15) is 18.4 Å². The molecule has 1 aromatic carbocycles. The van der Waals surface area contributed by atoms with Gasteiger partial charge in [-0.2, -0.15) is 0 Å². The fourth-order valence-electron chi connectivity index (χ4n) is 2.03. The highest BCUT2D eigenvalue weighted by Gasteiger charge is 2.26. The van der Waals surface area contributed by atoms with E-state index in [9.17, 15) is 4.79 Å². The minimum atomic E-state index is -0.172. The normalized spacial score (nSPS) is 19.0. The lowest BCUT2D eigenvalue weighted by Crippen LogP contribution is -2.12. The SMILES string of the molecule is COC(=O)[C@H]1CC=C(c2cc(Cl)ccc2Cl)C1. The Bertz CT molecular complexity index is 480. The van der Waals surface area contributed by atoms with E-state index >= 15 is 0 Å². The molecule has 0 fully saturated rings. The van der Waals surface area contributed by atoms with Gasteiger partial charge in [0.15, 0.2) is 0 Å². The van der Waals surface area contributed by atoms with Gasteiger partial charge in [-0.25, -0.2) is 0 Å². The van der Waals surface area contributed by atoms with Crippen LogP contribution < -0.4 is 0 Å². The molecule has 0 amide bonds. The quantitative estimate of drug-likeness (QED) is 0.761. The molecule has 0 N–H and O–H groups in total. The van der Waals surface area contributed by atoms with Crippen molar-refractivity contribution in [2.24, 2.45) is 5.92 Å². The van der Waals surface area contributed by atoms with Crippen LogP contribution in [0.2, 0.25) is 10.0 Å². The Labute approximate surface area is 110 Å². The zero-order valence-electron chi connectivity index (χ0n) is 9.37. The summed E-state index contributed by atoms with van der Waals surface area (Å²) in [6.45, 7) is 0. The second-order valence-electron chi connectivity index (χ2n) is 4.01. The van der Waals surface area contributed by atoms with E-state index in [4.69, 9.17) is 27.9 Å². The summed E-state index contributed by atoms with van der Waals surface area (Å²) in [5, 5.41) is 1.30. The minimum absolute atomic E-state index is 0.0925. The van der Waals surface area contributed by atoms with Crippen molar-refractivity contribution >= 4 is 34.7 Å². The number of esters is 1. The lowest BCUT2D eigenvalue weighted by Gasteiger charge is -2.09. The van der Waals surface area contributed by atoms with E-state index in [-0.39, 0.29) is 11.9 Å². The number of hydrogen-bond donors (Lipinski definition) is 0. The maximum atomic E-state index is 11.4. The van der Waals surface area contributed by atoms with Crippen molar-refractivity contribution in [3.8, 4) is 0 Å². The minimum Gasteiger partial charge on any atom is -0.469 e. The molecule has 0 unspecified atom stereocenters. The molecule has 4 heteroatoms. The molecule has 0 saturated heterocycles. The Morgan fingerprint density at radius 1 is 1.41 bits per heavy atom. The molecule has 2 nitrogen and oxygen atoms in total. The second kappa shape index (κ2) is 5.11. The number of ether oxygens (including phenoxy) is 1. The summed E-state index contributed by atoms with van der Waals surface area (Å²) in [5.74, 6) is -0.264. The van der Waals surface area contributed by atoms with Crippen LogP contribution in [0.25, 0.3) is 5.57 Å². The third kappa shape index (κ3) is 2.64. The molecular weight excluding hydrogens is 259 g/mol. The standard InChI is InChI=1S/C13H12Cl2O2/c1-17-13(16)9-3-2-8(6-9)11-7-10(14)4-5-12(11)15/h2,4-5,7,9H,3,6H2,1H3/t9-/m0/s1. The van der Waals surface area contributed by atoms with Crippen molar-refractivity contribution < 1.29 is 9.53 Å². The van der Waals surface area contributed by atoms with Gasteiger partial charge in [0.05, 0.1) is 13.0 Å². The third-order valence-corrected chi connectivity index (χ3v) is 3.49. The van der Waals surface area contributed by atoms with Crippen LogP contribution in [-0.4, -0.2) is 13.1 Å². The predicted molar refractivity (Wildman–Crippen MR) is 69.2 cm³/mol. The van der Waals surface area contributed by atoms with Gasteiger partial charge in [0.2, 0.25) is 0 Å². The largest absolute Gasteiger partial charge is 0.469 e. The highest BCUT2D eigenvalue weighted by molar-refractivity contribution is 6.34. The van der Waals surface area contributed by atoms with E-state index in [1.54, 1.807) is 12.1 Å². The van der Waals surface area contributed by atoms with Crippen LogP contribution in [0.15, 0.2) is 24.3 Å². The smallest absolute Gasteiger partial charge is 0.309 e. The Kier molecular flexibility index (Phi) is 3.75. The van der Waals surface area contributed by atoms with Crippen LogP contribution >= 0.6 is 23.2 Å². The van der Waals surface area contributed by atoms with Crippen LogP contribution in [0.3, 0.4) is 0 Å². The molecule has 1 aliphatic carbocycles. The first-order valence-corrected chi connectivity index (χ1v) is 6.09. The summed E-state index contributed by atoms with van der Waals surface area (Å²) in [6.07, 6.45) is 3.39. The maximum Gasteiger partial charge on any atom is 0.309 e. The van der Waals surface area contributed by atoms with Gasteiger partial charge in [-0.15, -0.1) is 0 Å². The molecule has 0 aromatic heterocycles. The first-order chi connectivity index (χ1) is 8.11. The average Bonchev–Trinajstić information content (AvgIpc) is 2.80. The van der Waals surface area contributed by atoms with Gasteiger partial charge >= 0.3 is 5.97 Å². The molecule has 90 valence electrons. The number of carbonyl (C=O) groups is 1. The summed E-state index contributed by atoms with van der Waals surface area (Å²) in [6, 6.07) is 5.35. The molecule has 0 bridgehead atoms. The molecule has 0 heterocycles. The zero-order valence-corrected chi connectivity index (χ0v) is 10.9. The van der Waals surface area contributed by atoms with Crippen LogP contribution in [0.4, 0.5) is 0 Å². The van der Waals surface area contributed by atoms with Gasteiger partial charge < -0.3 is 4.74 Å². The summed E-state index contributed by atoms with van der Waals surface area (Å²) in [4.78, 5) is 11.4. The molecule has 2 rings (SSSR count). The number of allylic oxidation sites excluding steroid dienone is 2. The highest BCUT2D eigenvalue weighted by Crippen LogP contribution is 2.37. The lowest BCUT2D eigenvalue weighted by atomic mass is 10.0. The highest BCUT2D eigenvalue weighted by atomic mass is 35.5. The second-order valence-corrected chi connectivity index (χ2v) is 4.86. The topological polar surface area (TPSA) is 26.3 Å². The first kappa shape index (κ1) is 12.5. The maximum absolute atomic E-state index is 11.4. The van der Waals surface area contributed by atoms with Gasteiger partial charge in [0.1, 0.15) is 0 Å². The van der Waals surface area contributed by atoms with E-state index in [2.05, 4.69) is 0 Å². The van der Waals surface area contributed by atoms with E-state index in [0.717, 1.165) is 11.1 Å². The zero-order chi connectivity index (χ0) is 12.4. The van der Waals surface area contributed by atoms with Crippen molar-refractivity contribution in [3.05, 3.63) is 39.9 Å². The summed E-state index contributed by atoms with van der Waals surface area (Å²) < 4.78 is 4.74. The Hall–Kier alpha value is -0.990. The summed E-state index contributed by atoms with van der Waals surface area (Å²) in [5.41, 5.74) is 1.97. The van der Waals surface area contributed by atoms with Crippen molar-refractivity contribution in [2.75, 3.05) is 7.11 Å². The number of carbonyl (C=O) groups excluding carboxylic acids is 1. The van der Waals surface area contributed by atoms with Crippen LogP contribution in [0, 0.1) is 5.92 Å². The van der Waals surface area contributed by atoms with E-state index in [1.165, 1.54) is 7.11 Å². The molecule has 1 aromatic rings. The fourth-order valence-corrected chi connectivity index (χ4v) is 2.44. The van der Waals surface area contributed by atoms with Crippen molar-refractivity contribution in [1.29, 1.82) is 0 Å². The number of benzene rings is 1. The number of hydrogen-bond acceptors (Lipinski definition) is 2. The summed E-state index contributed by atoms with van der Waals surface area (Å²) >= 11 is 12.1. The Morgan fingerprint density at radius 2 is 2.18 bits per heavy atom. The third-order valence-electron chi connectivity index (χ3n) is 2.92. The molecule has 0 saturated carbocycles. The lowest BCUT2D eigenvalue weighted by molar-refractivity contribution is -0.144. The van der Waals surface area contributed by atoms with E-state index < -0.39 is 0 Å². The van der Waals surface area contributed by atoms with Crippen LogP contribution in [0.5, 0.6) is 0 Å². The van der Waals surface area contributed by atoms with Gasteiger partial charge in [0, 0.05) is 10.0 Å². The molecular formula is C13H12Cl2O2. The van der Waals surface area contributed by atoms with Gasteiger partial charge in [-0.05, 0) is 42.2 Å². The molecule has 0 aliphatic heterocycles. The fraction of sp³-hybridized carbons (Fsp3) is 0.308. The molecule has 1 aliphatic rings. The Morgan fingerprint density at radius 3 is 2.88 bits per heavy atom. The average molecular weight is 271 g/mol. The van der Waals surface area contributed by atoms with Gasteiger partial charge in [-0.1, -0.05) is 29.3 Å². The van der Waals surface area contributed by atoms with Crippen molar-refractivity contribution in [3.63, 3.8) is 0 Å². The van der Waals surface area contributed by atoms with Crippen LogP contribution in [-0.2, 0) is 9.53 Å². The van der Waals surface area contributed by atoms with E-state index in [1.807, 2.05) is 12.1 Å². The molecule has 1 atom stereocenters. The Balaban J connectivity index is 2.20. The van der Waals surface area contributed by atoms with Gasteiger partial charge in [0.25, 0.3) is 0 Å². The molecule has 17 heavy (non-hydrogen) atoms. The van der Waals surface area contributed by atoms with Crippen molar-refractivity contribution in [1.82, 2.24) is 0 Å². The molecule has 0 radical (unpaired) electrons. The first-order valence-electron chi connectivity index (χ1n) is 5.34.